The minimum Gasteiger partial charge on any atom is -0.351 e. The highest BCUT2D eigenvalue weighted by atomic mass is 19.4. The van der Waals surface area contributed by atoms with E-state index in [0.29, 0.717) is 0 Å². The first-order valence-electron chi connectivity index (χ1n) is 6.66. The molecule has 0 spiro atoms. The van der Waals surface area contributed by atoms with Crippen LogP contribution >= 0.6 is 0 Å². The van der Waals surface area contributed by atoms with E-state index in [1.165, 1.54) is 18.2 Å². The van der Waals surface area contributed by atoms with Crippen molar-refractivity contribution in [1.29, 1.82) is 0 Å². The first kappa shape index (κ1) is 14.6. The van der Waals surface area contributed by atoms with Crippen molar-refractivity contribution in [2.75, 3.05) is 10.6 Å². The van der Waals surface area contributed by atoms with Crippen molar-refractivity contribution < 1.29 is 17.6 Å². The van der Waals surface area contributed by atoms with Gasteiger partial charge in [0.2, 0.25) is 5.95 Å². The predicted octanol–water partition coefficient (Wildman–Crippen LogP) is 3.95. The van der Waals surface area contributed by atoms with Gasteiger partial charge in [-0.25, -0.2) is 9.37 Å². The van der Waals surface area contributed by atoms with E-state index >= 15 is 0 Å². The largest absolute Gasteiger partial charge is 0.433 e. The summed E-state index contributed by atoms with van der Waals surface area (Å²) in [6, 6.07) is 6.54. The summed E-state index contributed by atoms with van der Waals surface area (Å²) in [5, 5.41) is 5.37. The zero-order chi connectivity index (χ0) is 15.7. The minimum absolute atomic E-state index is 0.0479. The van der Waals surface area contributed by atoms with Crippen LogP contribution in [-0.2, 0) is 6.18 Å². The molecule has 8 heteroatoms. The van der Waals surface area contributed by atoms with Crippen LogP contribution in [0.2, 0.25) is 0 Å². The van der Waals surface area contributed by atoms with Crippen molar-refractivity contribution in [2.45, 2.75) is 25.1 Å². The molecule has 0 radical (unpaired) electrons. The second kappa shape index (κ2) is 5.43. The summed E-state index contributed by atoms with van der Waals surface area (Å²) in [6.45, 7) is 0. The van der Waals surface area contributed by atoms with Crippen molar-refractivity contribution in [1.82, 2.24) is 9.97 Å². The highest BCUT2D eigenvalue weighted by molar-refractivity contribution is 5.58. The number of para-hydroxylation sites is 1. The molecule has 1 aromatic heterocycles. The van der Waals surface area contributed by atoms with Gasteiger partial charge in [-0.15, -0.1) is 0 Å². The van der Waals surface area contributed by atoms with E-state index in [2.05, 4.69) is 20.6 Å². The van der Waals surface area contributed by atoms with E-state index < -0.39 is 17.7 Å². The van der Waals surface area contributed by atoms with Crippen LogP contribution in [0.15, 0.2) is 30.3 Å². The van der Waals surface area contributed by atoms with Crippen LogP contribution in [-0.4, -0.2) is 16.0 Å². The number of hydrogen-bond acceptors (Lipinski definition) is 4. The predicted molar refractivity (Wildman–Crippen MR) is 73.4 cm³/mol. The summed E-state index contributed by atoms with van der Waals surface area (Å²) in [4.78, 5) is 7.43. The Morgan fingerprint density at radius 3 is 2.45 bits per heavy atom. The summed E-state index contributed by atoms with van der Waals surface area (Å²) >= 11 is 0. The highest BCUT2D eigenvalue weighted by Gasteiger charge is 2.34. The highest BCUT2D eigenvalue weighted by Crippen LogP contribution is 2.32. The van der Waals surface area contributed by atoms with E-state index in [0.717, 1.165) is 18.9 Å². The van der Waals surface area contributed by atoms with Crippen LogP contribution in [0.4, 0.5) is 35.0 Å². The molecule has 0 unspecified atom stereocenters. The molecule has 2 N–H and O–H groups in total. The van der Waals surface area contributed by atoms with Crippen molar-refractivity contribution in [2.24, 2.45) is 0 Å². The maximum atomic E-state index is 13.6. The van der Waals surface area contributed by atoms with E-state index in [4.69, 9.17) is 0 Å². The molecule has 2 aromatic rings. The van der Waals surface area contributed by atoms with Gasteiger partial charge < -0.3 is 10.6 Å². The average molecular weight is 312 g/mol. The molecule has 0 atom stereocenters. The van der Waals surface area contributed by atoms with E-state index in [-0.39, 0.29) is 23.5 Å². The summed E-state index contributed by atoms with van der Waals surface area (Å²) in [7, 11) is 0. The zero-order valence-corrected chi connectivity index (χ0v) is 11.3. The molecule has 116 valence electrons. The van der Waals surface area contributed by atoms with Crippen LogP contribution < -0.4 is 10.6 Å². The van der Waals surface area contributed by atoms with Gasteiger partial charge in [-0.2, -0.15) is 18.2 Å². The normalized spacial score (nSPS) is 14.7. The van der Waals surface area contributed by atoms with Gasteiger partial charge in [0.1, 0.15) is 11.6 Å². The second-order valence-corrected chi connectivity index (χ2v) is 4.98. The quantitative estimate of drug-likeness (QED) is 0.839. The molecule has 4 nitrogen and oxygen atoms in total. The van der Waals surface area contributed by atoms with Crippen LogP contribution in [0.3, 0.4) is 0 Å². The lowest BCUT2D eigenvalue weighted by atomic mass is 10.3. The Hall–Kier alpha value is -2.38. The third-order valence-corrected chi connectivity index (χ3v) is 3.06. The minimum atomic E-state index is -4.60. The summed E-state index contributed by atoms with van der Waals surface area (Å²) in [5.41, 5.74) is -1.03. The Labute approximate surface area is 123 Å². The number of hydrogen-bond donors (Lipinski definition) is 2. The Morgan fingerprint density at radius 1 is 1.09 bits per heavy atom. The van der Waals surface area contributed by atoms with E-state index in [9.17, 15) is 17.6 Å². The molecule has 1 fully saturated rings. The number of anilines is 3. The molecule has 22 heavy (non-hydrogen) atoms. The van der Waals surface area contributed by atoms with Gasteiger partial charge in [0, 0.05) is 12.1 Å². The Bertz CT molecular complexity index is 683. The molecule has 1 heterocycles. The molecule has 1 aliphatic rings. The van der Waals surface area contributed by atoms with E-state index in [1.54, 1.807) is 6.07 Å². The van der Waals surface area contributed by atoms with Gasteiger partial charge in [-0.1, -0.05) is 12.1 Å². The van der Waals surface area contributed by atoms with Gasteiger partial charge in [0.15, 0.2) is 5.69 Å². The third-order valence-electron chi connectivity index (χ3n) is 3.06. The fraction of sp³-hybridized carbons (Fsp3) is 0.286. The molecule has 0 saturated heterocycles. The van der Waals surface area contributed by atoms with Gasteiger partial charge in [0.25, 0.3) is 0 Å². The first-order valence-corrected chi connectivity index (χ1v) is 6.66. The molecular formula is C14H12F4N4. The van der Waals surface area contributed by atoms with Gasteiger partial charge in [0.05, 0.1) is 5.69 Å². The van der Waals surface area contributed by atoms with Gasteiger partial charge >= 0.3 is 6.18 Å². The van der Waals surface area contributed by atoms with Crippen molar-refractivity contribution >= 4 is 17.5 Å². The molecule has 0 amide bonds. The van der Waals surface area contributed by atoms with Crippen LogP contribution in [0.25, 0.3) is 0 Å². The monoisotopic (exact) mass is 312 g/mol. The Balaban J connectivity index is 1.93. The molecule has 1 aromatic carbocycles. The number of alkyl halides is 3. The lowest BCUT2D eigenvalue weighted by molar-refractivity contribution is -0.141. The SMILES string of the molecule is Fc1ccccc1Nc1cc(C(F)(F)F)nc(NC2CC2)n1. The Kier molecular flexibility index (Phi) is 3.59. The standard InChI is InChI=1S/C14H12F4N4/c15-9-3-1-2-4-10(9)20-12-7-11(14(16,17)18)21-13(22-12)19-8-5-6-8/h1-4,7-8H,5-6H2,(H2,19,20,21,22). The third kappa shape index (κ3) is 3.44. The molecule has 3 rings (SSSR count). The van der Waals surface area contributed by atoms with Crippen molar-refractivity contribution in [3.8, 4) is 0 Å². The average Bonchev–Trinajstić information content (AvgIpc) is 3.24. The van der Waals surface area contributed by atoms with Crippen molar-refractivity contribution in [3.63, 3.8) is 0 Å². The number of nitrogens with zero attached hydrogens (tertiary/aromatic N) is 2. The number of rotatable bonds is 4. The molecule has 0 aliphatic heterocycles. The zero-order valence-electron chi connectivity index (χ0n) is 11.3. The number of aromatic nitrogens is 2. The number of halogens is 4. The van der Waals surface area contributed by atoms with Crippen LogP contribution in [0.5, 0.6) is 0 Å². The van der Waals surface area contributed by atoms with Crippen molar-refractivity contribution in [3.05, 3.63) is 41.8 Å². The van der Waals surface area contributed by atoms with Gasteiger partial charge in [-0.3, -0.25) is 0 Å². The fourth-order valence-electron chi connectivity index (χ4n) is 1.83. The first-order chi connectivity index (χ1) is 10.4. The smallest absolute Gasteiger partial charge is 0.351 e. The summed E-state index contributed by atoms with van der Waals surface area (Å²) in [5.74, 6) is -0.807. The number of nitrogens with one attached hydrogen (secondary N) is 2. The lowest BCUT2D eigenvalue weighted by Crippen LogP contribution is -2.14. The van der Waals surface area contributed by atoms with Gasteiger partial charge in [-0.05, 0) is 25.0 Å². The summed E-state index contributed by atoms with van der Waals surface area (Å²) < 4.78 is 52.3. The topological polar surface area (TPSA) is 49.8 Å². The molecule has 1 saturated carbocycles. The van der Waals surface area contributed by atoms with E-state index in [1.807, 2.05) is 0 Å². The number of benzene rings is 1. The van der Waals surface area contributed by atoms with Crippen LogP contribution in [0.1, 0.15) is 18.5 Å². The second-order valence-electron chi connectivity index (χ2n) is 4.98. The summed E-state index contributed by atoms with van der Waals surface area (Å²) in [6.07, 6.45) is -2.86. The molecule has 1 aliphatic carbocycles. The molecular weight excluding hydrogens is 300 g/mol. The maximum Gasteiger partial charge on any atom is 0.433 e. The lowest BCUT2D eigenvalue weighted by Gasteiger charge is -2.12. The van der Waals surface area contributed by atoms with Crippen LogP contribution in [0, 0.1) is 5.82 Å². The molecule has 0 bridgehead atoms. The fourth-order valence-corrected chi connectivity index (χ4v) is 1.83. The maximum absolute atomic E-state index is 13.6. The Morgan fingerprint density at radius 2 is 1.82 bits per heavy atom.